The molecular weight excluding hydrogens is 172 g/mol. The summed E-state index contributed by atoms with van der Waals surface area (Å²) in [6, 6.07) is 3.32. The predicted octanol–water partition coefficient (Wildman–Crippen LogP) is 0.517. The van der Waals surface area contributed by atoms with Crippen molar-refractivity contribution in [2.24, 2.45) is 0 Å². The lowest BCUT2D eigenvalue weighted by Gasteiger charge is -2.04. The molecule has 0 aromatic carbocycles. The van der Waals surface area contributed by atoms with E-state index in [-0.39, 0.29) is 18.9 Å². The second-order valence-corrected chi connectivity index (χ2v) is 2.39. The number of hydrogen-bond donors (Lipinski definition) is 2. The van der Waals surface area contributed by atoms with Gasteiger partial charge in [0, 0.05) is 6.20 Å². The van der Waals surface area contributed by atoms with E-state index in [1.807, 2.05) is 0 Å². The van der Waals surface area contributed by atoms with Crippen molar-refractivity contribution in [1.82, 2.24) is 4.98 Å². The van der Waals surface area contributed by atoms with Crippen molar-refractivity contribution in [3.05, 3.63) is 18.3 Å². The van der Waals surface area contributed by atoms with Gasteiger partial charge in [-0.1, -0.05) is 0 Å². The second-order valence-electron chi connectivity index (χ2n) is 2.39. The minimum absolute atomic E-state index is 0.0595. The number of nitrogens with two attached hydrogens (primary N) is 1. The lowest BCUT2D eigenvalue weighted by molar-refractivity contribution is -0.137. The SMILES string of the molecule is Nc1cccnc1OCCC(=O)O. The summed E-state index contributed by atoms with van der Waals surface area (Å²) in [6.07, 6.45) is 1.47. The highest BCUT2D eigenvalue weighted by Gasteiger charge is 2.01. The number of aromatic nitrogens is 1. The van der Waals surface area contributed by atoms with Crippen molar-refractivity contribution in [2.45, 2.75) is 6.42 Å². The van der Waals surface area contributed by atoms with E-state index in [4.69, 9.17) is 15.6 Å². The molecule has 0 saturated heterocycles. The van der Waals surface area contributed by atoms with Crippen LogP contribution in [0.1, 0.15) is 6.42 Å². The highest BCUT2D eigenvalue weighted by Crippen LogP contribution is 2.15. The van der Waals surface area contributed by atoms with Crippen molar-refractivity contribution in [1.29, 1.82) is 0 Å². The monoisotopic (exact) mass is 182 g/mol. The zero-order valence-electron chi connectivity index (χ0n) is 6.93. The molecule has 70 valence electrons. The number of nitrogens with zero attached hydrogens (tertiary/aromatic N) is 1. The van der Waals surface area contributed by atoms with Crippen LogP contribution >= 0.6 is 0 Å². The number of pyridine rings is 1. The third kappa shape index (κ3) is 2.98. The normalized spacial score (nSPS) is 9.54. The van der Waals surface area contributed by atoms with Crippen molar-refractivity contribution in [2.75, 3.05) is 12.3 Å². The Morgan fingerprint density at radius 1 is 1.69 bits per heavy atom. The number of carboxylic acids is 1. The molecule has 0 aliphatic carbocycles. The van der Waals surface area contributed by atoms with E-state index in [0.29, 0.717) is 5.69 Å². The zero-order valence-corrected chi connectivity index (χ0v) is 6.93. The Balaban J connectivity index is 2.45. The predicted molar refractivity (Wildman–Crippen MR) is 46.4 cm³/mol. The van der Waals surface area contributed by atoms with Gasteiger partial charge in [-0.15, -0.1) is 0 Å². The number of carboxylic acid groups (broad SMARTS) is 1. The summed E-state index contributed by atoms with van der Waals surface area (Å²) in [5.74, 6) is -0.627. The van der Waals surface area contributed by atoms with Gasteiger partial charge in [0.25, 0.3) is 0 Å². The van der Waals surface area contributed by atoms with Gasteiger partial charge in [0.1, 0.15) is 6.61 Å². The Hall–Kier alpha value is -1.78. The van der Waals surface area contributed by atoms with Crippen molar-refractivity contribution in [3.63, 3.8) is 0 Å². The smallest absolute Gasteiger partial charge is 0.306 e. The molecular formula is C8H10N2O3. The van der Waals surface area contributed by atoms with Gasteiger partial charge in [-0.05, 0) is 12.1 Å². The lowest BCUT2D eigenvalue weighted by Crippen LogP contribution is -2.06. The fourth-order valence-corrected chi connectivity index (χ4v) is 0.759. The van der Waals surface area contributed by atoms with Crippen molar-refractivity contribution in [3.8, 4) is 5.88 Å². The van der Waals surface area contributed by atoms with Gasteiger partial charge in [-0.3, -0.25) is 4.79 Å². The summed E-state index contributed by atoms with van der Waals surface area (Å²) < 4.78 is 5.03. The summed E-state index contributed by atoms with van der Waals surface area (Å²) in [7, 11) is 0. The number of carbonyl (C=O) groups is 1. The molecule has 1 rings (SSSR count). The van der Waals surface area contributed by atoms with E-state index in [9.17, 15) is 4.79 Å². The Morgan fingerprint density at radius 2 is 2.46 bits per heavy atom. The van der Waals surface area contributed by atoms with Crippen LogP contribution in [0.15, 0.2) is 18.3 Å². The Labute approximate surface area is 75.2 Å². The number of rotatable bonds is 4. The van der Waals surface area contributed by atoms with Crippen LogP contribution in [0, 0.1) is 0 Å². The van der Waals surface area contributed by atoms with Crippen LogP contribution in [0.4, 0.5) is 5.69 Å². The minimum Gasteiger partial charge on any atom is -0.481 e. The Morgan fingerprint density at radius 3 is 3.08 bits per heavy atom. The molecule has 13 heavy (non-hydrogen) atoms. The molecule has 0 atom stereocenters. The summed E-state index contributed by atoms with van der Waals surface area (Å²) >= 11 is 0. The lowest BCUT2D eigenvalue weighted by atomic mass is 10.4. The van der Waals surface area contributed by atoms with E-state index in [1.54, 1.807) is 12.1 Å². The van der Waals surface area contributed by atoms with E-state index in [1.165, 1.54) is 6.20 Å². The molecule has 1 aromatic heterocycles. The third-order valence-corrected chi connectivity index (χ3v) is 1.36. The molecule has 0 aliphatic rings. The van der Waals surface area contributed by atoms with E-state index in [0.717, 1.165) is 0 Å². The molecule has 0 bridgehead atoms. The first-order valence-electron chi connectivity index (χ1n) is 3.75. The van der Waals surface area contributed by atoms with Gasteiger partial charge in [0.05, 0.1) is 12.1 Å². The van der Waals surface area contributed by atoms with E-state index in [2.05, 4.69) is 4.98 Å². The molecule has 0 radical (unpaired) electrons. The molecule has 0 fully saturated rings. The summed E-state index contributed by atoms with van der Waals surface area (Å²) in [5, 5.41) is 8.33. The first kappa shape index (κ1) is 9.31. The van der Waals surface area contributed by atoms with Crippen LogP contribution in [0.5, 0.6) is 5.88 Å². The highest BCUT2D eigenvalue weighted by molar-refractivity contribution is 5.66. The Bertz CT molecular complexity index is 301. The average molecular weight is 182 g/mol. The number of anilines is 1. The van der Waals surface area contributed by atoms with Crippen LogP contribution in [0.2, 0.25) is 0 Å². The maximum atomic E-state index is 10.1. The molecule has 0 saturated carbocycles. The summed E-state index contributed by atoms with van der Waals surface area (Å²) in [4.78, 5) is 14.0. The van der Waals surface area contributed by atoms with Crippen LogP contribution in [0.3, 0.4) is 0 Å². The first-order valence-corrected chi connectivity index (χ1v) is 3.75. The summed E-state index contributed by atoms with van der Waals surface area (Å²) in [5.41, 5.74) is 5.91. The number of ether oxygens (including phenoxy) is 1. The standard InChI is InChI=1S/C8H10N2O3/c9-6-2-1-4-10-8(6)13-5-3-7(11)12/h1-2,4H,3,5,9H2,(H,11,12). The number of nitrogen functional groups attached to an aromatic ring is 1. The van der Waals surface area contributed by atoms with Gasteiger partial charge in [0.2, 0.25) is 5.88 Å². The van der Waals surface area contributed by atoms with Crippen molar-refractivity contribution >= 4 is 11.7 Å². The first-order chi connectivity index (χ1) is 6.20. The number of aliphatic carboxylic acids is 1. The molecule has 5 nitrogen and oxygen atoms in total. The maximum Gasteiger partial charge on any atom is 0.306 e. The molecule has 0 aliphatic heterocycles. The molecule has 0 amide bonds. The quantitative estimate of drug-likeness (QED) is 0.708. The topological polar surface area (TPSA) is 85.4 Å². The fraction of sp³-hybridized carbons (Fsp3) is 0.250. The van der Waals surface area contributed by atoms with Gasteiger partial charge >= 0.3 is 5.97 Å². The van der Waals surface area contributed by atoms with Crippen LogP contribution in [-0.2, 0) is 4.79 Å². The molecule has 0 unspecified atom stereocenters. The highest BCUT2D eigenvalue weighted by atomic mass is 16.5. The van der Waals surface area contributed by atoms with Gasteiger partial charge in [0.15, 0.2) is 0 Å². The van der Waals surface area contributed by atoms with Gasteiger partial charge in [-0.2, -0.15) is 0 Å². The Kier molecular flexibility index (Phi) is 3.08. The fourth-order valence-electron chi connectivity index (χ4n) is 0.759. The van der Waals surface area contributed by atoms with Gasteiger partial charge < -0.3 is 15.6 Å². The molecule has 3 N–H and O–H groups in total. The van der Waals surface area contributed by atoms with Crippen LogP contribution in [-0.4, -0.2) is 22.7 Å². The van der Waals surface area contributed by atoms with E-state index < -0.39 is 5.97 Å². The minimum atomic E-state index is -0.908. The van der Waals surface area contributed by atoms with Crippen molar-refractivity contribution < 1.29 is 14.6 Å². The molecule has 0 spiro atoms. The van der Waals surface area contributed by atoms with E-state index >= 15 is 0 Å². The number of hydrogen-bond acceptors (Lipinski definition) is 4. The molecule has 1 aromatic rings. The van der Waals surface area contributed by atoms with Crippen LogP contribution < -0.4 is 10.5 Å². The second kappa shape index (κ2) is 4.30. The third-order valence-electron chi connectivity index (χ3n) is 1.36. The molecule has 5 heteroatoms. The summed E-state index contributed by atoms with van der Waals surface area (Å²) in [6.45, 7) is 0.0799. The van der Waals surface area contributed by atoms with Gasteiger partial charge in [-0.25, -0.2) is 4.98 Å². The zero-order chi connectivity index (χ0) is 9.68. The largest absolute Gasteiger partial charge is 0.481 e. The van der Waals surface area contributed by atoms with Crippen LogP contribution in [0.25, 0.3) is 0 Å². The average Bonchev–Trinajstić information content (AvgIpc) is 2.08. The maximum absolute atomic E-state index is 10.1. The molecule has 1 heterocycles.